The number of imidazole rings is 1. The number of benzene rings is 2. The lowest BCUT2D eigenvalue weighted by molar-refractivity contribution is -0.274. The van der Waals surface area contributed by atoms with Crippen LogP contribution in [0.4, 0.5) is 24.7 Å². The number of anilines is 2. The maximum Gasteiger partial charge on any atom is 0.573 e. The number of nitrogens with zero attached hydrogens (tertiary/aromatic N) is 3. The van der Waals surface area contributed by atoms with E-state index in [1.165, 1.54) is 18.2 Å². The highest BCUT2D eigenvalue weighted by Crippen LogP contribution is 2.28. The van der Waals surface area contributed by atoms with Crippen molar-refractivity contribution in [3.05, 3.63) is 61.1 Å². The summed E-state index contributed by atoms with van der Waals surface area (Å²) in [6, 6.07) is 13.1. The van der Waals surface area contributed by atoms with E-state index in [-0.39, 0.29) is 5.75 Å². The minimum atomic E-state index is -4.74. The molecule has 2 heterocycles. The van der Waals surface area contributed by atoms with Crippen LogP contribution in [0, 0.1) is 0 Å². The van der Waals surface area contributed by atoms with Gasteiger partial charge in [-0.15, -0.1) is 13.2 Å². The first-order valence-corrected chi connectivity index (χ1v) is 7.33. The second-order valence-corrected chi connectivity index (χ2v) is 5.30. The van der Waals surface area contributed by atoms with Crippen LogP contribution in [-0.2, 0) is 0 Å². The van der Waals surface area contributed by atoms with Gasteiger partial charge in [0.25, 0.3) is 0 Å². The molecule has 0 fully saturated rings. The van der Waals surface area contributed by atoms with E-state index < -0.39 is 6.36 Å². The maximum absolute atomic E-state index is 12.4. The molecule has 5 nitrogen and oxygen atoms in total. The van der Waals surface area contributed by atoms with Crippen LogP contribution in [0.1, 0.15) is 0 Å². The van der Waals surface area contributed by atoms with Crippen molar-refractivity contribution in [1.82, 2.24) is 14.4 Å². The molecule has 0 bridgehead atoms. The van der Waals surface area contributed by atoms with Crippen molar-refractivity contribution in [3.63, 3.8) is 0 Å². The summed E-state index contributed by atoms with van der Waals surface area (Å²) < 4.78 is 42.9. The molecule has 0 amide bonds. The van der Waals surface area contributed by atoms with Crippen molar-refractivity contribution >= 4 is 28.1 Å². The Morgan fingerprint density at radius 3 is 2.68 bits per heavy atom. The van der Waals surface area contributed by atoms with Crippen LogP contribution in [-0.4, -0.2) is 20.7 Å². The summed E-state index contributed by atoms with van der Waals surface area (Å²) in [6.07, 6.45) is -1.44. The van der Waals surface area contributed by atoms with Gasteiger partial charge in [-0.1, -0.05) is 18.2 Å². The van der Waals surface area contributed by atoms with Crippen LogP contribution < -0.4 is 10.1 Å². The third-order valence-electron chi connectivity index (χ3n) is 3.58. The number of hydrogen-bond acceptors (Lipinski definition) is 4. The van der Waals surface area contributed by atoms with Crippen LogP contribution in [0.2, 0.25) is 0 Å². The minimum absolute atomic E-state index is 0.303. The molecule has 0 atom stereocenters. The number of rotatable bonds is 3. The number of hydrogen-bond donors (Lipinski definition) is 1. The third-order valence-corrected chi connectivity index (χ3v) is 3.58. The standard InChI is InChI=1S/C17H11F3N4O/c18-17(19,20)25-12-5-3-4-11(8-12)22-16-15-9-21-10-24(15)14-7-2-1-6-13(14)23-16/h1-10H,(H,22,23). The van der Waals surface area contributed by atoms with Gasteiger partial charge in [0.05, 0.1) is 23.6 Å². The Morgan fingerprint density at radius 2 is 1.84 bits per heavy atom. The molecule has 0 aliphatic heterocycles. The maximum atomic E-state index is 12.4. The van der Waals surface area contributed by atoms with E-state index in [1.54, 1.807) is 18.6 Å². The Balaban J connectivity index is 1.75. The molecule has 4 rings (SSSR count). The van der Waals surface area contributed by atoms with Crippen LogP contribution in [0.3, 0.4) is 0 Å². The zero-order valence-corrected chi connectivity index (χ0v) is 12.7. The zero-order valence-electron chi connectivity index (χ0n) is 12.7. The fourth-order valence-electron chi connectivity index (χ4n) is 2.60. The largest absolute Gasteiger partial charge is 0.573 e. The molecule has 126 valence electrons. The zero-order chi connectivity index (χ0) is 17.4. The summed E-state index contributed by atoms with van der Waals surface area (Å²) >= 11 is 0. The van der Waals surface area contributed by atoms with Crippen molar-refractivity contribution in [2.75, 3.05) is 5.32 Å². The Labute approximate surface area is 139 Å². The van der Waals surface area contributed by atoms with Crippen LogP contribution in [0.15, 0.2) is 61.1 Å². The molecular weight excluding hydrogens is 333 g/mol. The fourth-order valence-corrected chi connectivity index (χ4v) is 2.60. The highest BCUT2D eigenvalue weighted by Gasteiger charge is 2.31. The van der Waals surface area contributed by atoms with E-state index >= 15 is 0 Å². The molecule has 0 spiro atoms. The average molecular weight is 344 g/mol. The van der Waals surface area contributed by atoms with E-state index in [0.717, 1.165) is 11.0 Å². The van der Waals surface area contributed by atoms with Gasteiger partial charge < -0.3 is 10.1 Å². The van der Waals surface area contributed by atoms with Gasteiger partial charge in [-0.3, -0.25) is 4.40 Å². The van der Waals surface area contributed by atoms with Gasteiger partial charge in [-0.2, -0.15) is 0 Å². The first-order chi connectivity index (χ1) is 12.0. The molecule has 2 aromatic heterocycles. The molecule has 8 heteroatoms. The topological polar surface area (TPSA) is 51.5 Å². The number of alkyl halides is 3. The summed E-state index contributed by atoms with van der Waals surface area (Å²) in [5, 5.41) is 3.03. The molecule has 0 saturated heterocycles. The Morgan fingerprint density at radius 1 is 1.00 bits per heavy atom. The smallest absolute Gasteiger partial charge is 0.406 e. The normalized spacial score (nSPS) is 11.8. The lowest BCUT2D eigenvalue weighted by atomic mass is 10.2. The molecule has 2 aromatic carbocycles. The van der Waals surface area contributed by atoms with Gasteiger partial charge in [0.2, 0.25) is 0 Å². The minimum Gasteiger partial charge on any atom is -0.406 e. The molecule has 1 N–H and O–H groups in total. The number of nitrogens with one attached hydrogen (secondary N) is 1. The molecule has 0 aliphatic rings. The van der Waals surface area contributed by atoms with E-state index in [1.807, 2.05) is 28.7 Å². The lowest BCUT2D eigenvalue weighted by Crippen LogP contribution is -2.17. The highest BCUT2D eigenvalue weighted by molar-refractivity contribution is 5.85. The van der Waals surface area contributed by atoms with Gasteiger partial charge in [0, 0.05) is 11.8 Å². The second-order valence-electron chi connectivity index (χ2n) is 5.30. The number of aromatic nitrogens is 3. The summed E-state index contributed by atoms with van der Waals surface area (Å²) in [6.45, 7) is 0. The predicted octanol–water partition coefficient (Wildman–Crippen LogP) is 4.52. The number of fused-ring (bicyclic) bond motifs is 3. The third kappa shape index (κ3) is 3.06. The van der Waals surface area contributed by atoms with Gasteiger partial charge in [-0.05, 0) is 24.3 Å². The molecule has 0 unspecified atom stereocenters. The van der Waals surface area contributed by atoms with Crippen LogP contribution in [0.25, 0.3) is 16.6 Å². The number of ether oxygens (including phenoxy) is 1. The first-order valence-electron chi connectivity index (χ1n) is 7.33. The van der Waals surface area contributed by atoms with Crippen molar-refractivity contribution in [2.45, 2.75) is 6.36 Å². The lowest BCUT2D eigenvalue weighted by Gasteiger charge is -2.12. The predicted molar refractivity (Wildman–Crippen MR) is 86.9 cm³/mol. The average Bonchev–Trinajstić information content (AvgIpc) is 3.04. The van der Waals surface area contributed by atoms with Gasteiger partial charge >= 0.3 is 6.36 Å². The van der Waals surface area contributed by atoms with E-state index in [0.29, 0.717) is 17.0 Å². The molecule has 0 aliphatic carbocycles. The molecular formula is C17H11F3N4O. The van der Waals surface area contributed by atoms with Crippen molar-refractivity contribution in [3.8, 4) is 5.75 Å². The quantitative estimate of drug-likeness (QED) is 0.593. The Kier molecular flexibility index (Phi) is 3.45. The van der Waals surface area contributed by atoms with Crippen molar-refractivity contribution in [2.24, 2.45) is 0 Å². The summed E-state index contributed by atoms with van der Waals surface area (Å²) in [5.74, 6) is 0.183. The van der Waals surface area contributed by atoms with Gasteiger partial charge in [-0.25, -0.2) is 9.97 Å². The van der Waals surface area contributed by atoms with E-state index in [4.69, 9.17) is 0 Å². The van der Waals surface area contributed by atoms with Gasteiger partial charge in [0.15, 0.2) is 5.82 Å². The number of halogens is 3. The first kappa shape index (κ1) is 15.3. The Bertz CT molecular complexity index is 1060. The number of para-hydroxylation sites is 2. The SMILES string of the molecule is FC(F)(F)Oc1cccc(Nc2nc3ccccc3n3cncc23)c1. The van der Waals surface area contributed by atoms with Crippen molar-refractivity contribution in [1.29, 1.82) is 0 Å². The highest BCUT2D eigenvalue weighted by atomic mass is 19.4. The Hall–Kier alpha value is -3.29. The van der Waals surface area contributed by atoms with Crippen LogP contribution >= 0.6 is 0 Å². The second kappa shape index (κ2) is 5.66. The molecule has 25 heavy (non-hydrogen) atoms. The summed E-state index contributed by atoms with van der Waals surface area (Å²) in [7, 11) is 0. The molecule has 4 aromatic rings. The molecule has 0 saturated carbocycles. The van der Waals surface area contributed by atoms with E-state index in [2.05, 4.69) is 20.0 Å². The fraction of sp³-hybridized carbons (Fsp3) is 0.0588. The van der Waals surface area contributed by atoms with Gasteiger partial charge in [0.1, 0.15) is 11.3 Å². The molecule has 0 radical (unpaired) electrons. The summed E-state index contributed by atoms with van der Waals surface area (Å²) in [4.78, 5) is 8.67. The van der Waals surface area contributed by atoms with E-state index in [9.17, 15) is 13.2 Å². The monoisotopic (exact) mass is 344 g/mol. The van der Waals surface area contributed by atoms with Crippen molar-refractivity contribution < 1.29 is 17.9 Å². The summed E-state index contributed by atoms with van der Waals surface area (Å²) in [5.41, 5.74) is 2.75. The van der Waals surface area contributed by atoms with Crippen LogP contribution in [0.5, 0.6) is 5.75 Å².